The highest BCUT2D eigenvalue weighted by molar-refractivity contribution is 5.99. The Morgan fingerprint density at radius 2 is 1.90 bits per heavy atom. The smallest absolute Gasteiger partial charge is 0.203 e. The second kappa shape index (κ2) is 6.14. The molecule has 0 saturated heterocycles. The Hall–Kier alpha value is -2.74. The van der Waals surface area contributed by atoms with E-state index in [1.165, 1.54) is 13.0 Å². The fraction of sp³-hybridized carbons (Fsp3) is 0.125. The number of para-hydroxylation sites is 1. The lowest BCUT2D eigenvalue weighted by Crippen LogP contribution is -2.24. The van der Waals surface area contributed by atoms with Crippen molar-refractivity contribution in [2.75, 3.05) is 0 Å². The summed E-state index contributed by atoms with van der Waals surface area (Å²) in [5.41, 5.74) is 0.304. The zero-order valence-corrected chi connectivity index (χ0v) is 11.1. The molecule has 0 bridgehead atoms. The summed E-state index contributed by atoms with van der Waals surface area (Å²) in [5.74, 6) is -2.34. The van der Waals surface area contributed by atoms with Crippen molar-refractivity contribution in [3.05, 3.63) is 65.2 Å². The summed E-state index contributed by atoms with van der Waals surface area (Å²) in [7, 11) is 0. The summed E-state index contributed by atoms with van der Waals surface area (Å²) in [6.07, 6.45) is -0.927. The van der Waals surface area contributed by atoms with Crippen molar-refractivity contribution >= 4 is 5.78 Å². The average Bonchev–Trinajstić information content (AvgIpc) is 2.49. The Morgan fingerprint density at radius 3 is 2.57 bits per heavy atom. The van der Waals surface area contributed by atoms with E-state index in [0.29, 0.717) is 5.56 Å². The Kier molecular flexibility index (Phi) is 4.29. The van der Waals surface area contributed by atoms with Crippen LogP contribution in [0.25, 0.3) is 0 Å². The van der Waals surface area contributed by atoms with Gasteiger partial charge in [-0.05, 0) is 37.3 Å². The lowest BCUT2D eigenvalue weighted by atomic mass is 10.1. The number of hydrogen-bond donors (Lipinski definition) is 0. The number of benzene rings is 2. The average molecular weight is 287 g/mol. The molecule has 2 aromatic rings. The summed E-state index contributed by atoms with van der Waals surface area (Å²) in [6, 6.07) is 11.3. The maximum absolute atomic E-state index is 13.1. The minimum atomic E-state index is -1.09. The van der Waals surface area contributed by atoms with Gasteiger partial charge in [-0.1, -0.05) is 12.1 Å². The van der Waals surface area contributed by atoms with Gasteiger partial charge in [0.25, 0.3) is 0 Å². The van der Waals surface area contributed by atoms with E-state index in [0.717, 1.165) is 12.1 Å². The van der Waals surface area contributed by atoms with E-state index in [2.05, 4.69) is 0 Å². The maximum Gasteiger partial charge on any atom is 0.203 e. The number of nitriles is 1. The first-order valence-corrected chi connectivity index (χ1v) is 6.18. The normalized spacial score (nSPS) is 11.5. The van der Waals surface area contributed by atoms with Crippen molar-refractivity contribution in [1.29, 1.82) is 5.26 Å². The molecular formula is C16H11F2NO2. The molecule has 2 rings (SSSR count). The third-order valence-corrected chi connectivity index (χ3v) is 2.88. The first-order valence-electron chi connectivity index (χ1n) is 6.18. The Morgan fingerprint density at radius 1 is 1.19 bits per heavy atom. The lowest BCUT2D eigenvalue weighted by molar-refractivity contribution is 0.0817. The van der Waals surface area contributed by atoms with Crippen LogP contribution in [-0.4, -0.2) is 11.9 Å². The number of ether oxygens (including phenoxy) is 1. The molecule has 0 N–H and O–H groups in total. The topological polar surface area (TPSA) is 50.1 Å². The Labute approximate surface area is 120 Å². The lowest BCUT2D eigenvalue weighted by Gasteiger charge is -2.14. The van der Waals surface area contributed by atoms with E-state index in [1.807, 2.05) is 6.07 Å². The summed E-state index contributed by atoms with van der Waals surface area (Å²) in [5, 5.41) is 8.95. The number of halogens is 2. The molecule has 2 aromatic carbocycles. The molecule has 0 amide bonds. The minimum absolute atomic E-state index is 0.0100. The molecule has 0 aromatic heterocycles. The monoisotopic (exact) mass is 287 g/mol. The number of ketones is 1. The summed E-state index contributed by atoms with van der Waals surface area (Å²) in [4.78, 5) is 12.1. The molecule has 3 nitrogen and oxygen atoms in total. The van der Waals surface area contributed by atoms with Crippen LogP contribution < -0.4 is 4.74 Å². The van der Waals surface area contributed by atoms with Crippen LogP contribution in [-0.2, 0) is 0 Å². The number of carbonyl (C=O) groups excluding carboxylic acids is 1. The van der Waals surface area contributed by atoms with Crippen molar-refractivity contribution < 1.29 is 18.3 Å². The van der Waals surface area contributed by atoms with E-state index >= 15 is 0 Å². The van der Waals surface area contributed by atoms with Gasteiger partial charge in [0.2, 0.25) is 5.78 Å². The standard InChI is InChI=1S/C16H11F2NO2/c1-10(21-15-5-3-2-4-12(15)9-19)16(20)11-6-7-13(17)14(18)8-11/h2-8,10H,1H3/t10-/m0/s1. The van der Waals surface area contributed by atoms with Gasteiger partial charge in [0.15, 0.2) is 17.7 Å². The Balaban J connectivity index is 2.20. The van der Waals surface area contributed by atoms with Crippen LogP contribution in [0.5, 0.6) is 5.75 Å². The van der Waals surface area contributed by atoms with Gasteiger partial charge in [0.1, 0.15) is 11.8 Å². The highest BCUT2D eigenvalue weighted by Gasteiger charge is 2.19. The number of hydrogen-bond acceptors (Lipinski definition) is 3. The molecule has 5 heteroatoms. The molecule has 106 valence electrons. The van der Waals surface area contributed by atoms with Gasteiger partial charge in [-0.3, -0.25) is 4.79 Å². The number of carbonyl (C=O) groups is 1. The van der Waals surface area contributed by atoms with Crippen molar-refractivity contribution in [2.45, 2.75) is 13.0 Å². The van der Waals surface area contributed by atoms with Crippen molar-refractivity contribution in [3.8, 4) is 11.8 Å². The molecule has 0 aliphatic rings. The summed E-state index contributed by atoms with van der Waals surface area (Å²) < 4.78 is 31.4. The van der Waals surface area contributed by atoms with Crippen molar-refractivity contribution in [2.24, 2.45) is 0 Å². The second-order valence-electron chi connectivity index (χ2n) is 4.36. The van der Waals surface area contributed by atoms with Crippen LogP contribution in [0.1, 0.15) is 22.8 Å². The molecule has 0 saturated carbocycles. The van der Waals surface area contributed by atoms with Crippen LogP contribution in [0.3, 0.4) is 0 Å². The van der Waals surface area contributed by atoms with Gasteiger partial charge in [-0.25, -0.2) is 8.78 Å². The first kappa shape index (κ1) is 14.7. The highest BCUT2D eigenvalue weighted by Crippen LogP contribution is 2.20. The van der Waals surface area contributed by atoms with Crippen molar-refractivity contribution in [1.82, 2.24) is 0 Å². The van der Waals surface area contributed by atoms with E-state index < -0.39 is 23.5 Å². The van der Waals surface area contributed by atoms with Crippen LogP contribution >= 0.6 is 0 Å². The van der Waals surface area contributed by atoms with Gasteiger partial charge in [0, 0.05) is 5.56 Å². The molecule has 1 atom stereocenters. The zero-order chi connectivity index (χ0) is 15.4. The minimum Gasteiger partial charge on any atom is -0.481 e. The fourth-order valence-electron chi connectivity index (χ4n) is 1.79. The number of Topliss-reactive ketones (excluding diaryl/α,β-unsaturated/α-hetero) is 1. The highest BCUT2D eigenvalue weighted by atomic mass is 19.2. The van der Waals surface area contributed by atoms with E-state index in [-0.39, 0.29) is 11.3 Å². The molecule has 21 heavy (non-hydrogen) atoms. The van der Waals surface area contributed by atoms with E-state index in [4.69, 9.17) is 10.00 Å². The third-order valence-electron chi connectivity index (χ3n) is 2.88. The largest absolute Gasteiger partial charge is 0.481 e. The molecular weight excluding hydrogens is 276 g/mol. The third kappa shape index (κ3) is 3.23. The zero-order valence-electron chi connectivity index (χ0n) is 11.1. The summed E-state index contributed by atoms with van der Waals surface area (Å²) >= 11 is 0. The maximum atomic E-state index is 13.1. The van der Waals surface area contributed by atoms with Crippen LogP contribution in [0.4, 0.5) is 8.78 Å². The second-order valence-corrected chi connectivity index (χ2v) is 4.36. The van der Waals surface area contributed by atoms with Crippen LogP contribution in [0.2, 0.25) is 0 Å². The predicted octanol–water partition coefficient (Wildman–Crippen LogP) is 3.49. The molecule has 0 radical (unpaired) electrons. The van der Waals surface area contributed by atoms with Gasteiger partial charge in [-0.15, -0.1) is 0 Å². The van der Waals surface area contributed by atoms with E-state index in [9.17, 15) is 13.6 Å². The molecule has 0 heterocycles. The molecule has 0 spiro atoms. The number of rotatable bonds is 4. The molecule has 0 fully saturated rings. The fourth-order valence-corrected chi connectivity index (χ4v) is 1.79. The van der Waals surface area contributed by atoms with Gasteiger partial charge >= 0.3 is 0 Å². The number of nitrogens with zero attached hydrogens (tertiary/aromatic N) is 1. The van der Waals surface area contributed by atoms with Gasteiger partial charge in [0.05, 0.1) is 5.56 Å². The van der Waals surface area contributed by atoms with Crippen molar-refractivity contribution in [3.63, 3.8) is 0 Å². The quantitative estimate of drug-likeness (QED) is 0.809. The Bertz CT molecular complexity index is 722. The SMILES string of the molecule is C[C@H](Oc1ccccc1C#N)C(=O)c1ccc(F)c(F)c1. The van der Waals surface area contributed by atoms with Gasteiger partial charge < -0.3 is 4.74 Å². The summed E-state index contributed by atoms with van der Waals surface area (Å²) in [6.45, 7) is 1.48. The van der Waals surface area contributed by atoms with Gasteiger partial charge in [-0.2, -0.15) is 5.26 Å². The molecule has 0 aliphatic heterocycles. The van der Waals surface area contributed by atoms with Crippen LogP contribution in [0.15, 0.2) is 42.5 Å². The predicted molar refractivity (Wildman–Crippen MR) is 71.9 cm³/mol. The van der Waals surface area contributed by atoms with Crippen LogP contribution in [0, 0.1) is 23.0 Å². The molecule has 0 aliphatic carbocycles. The first-order chi connectivity index (χ1) is 10.0. The molecule has 0 unspecified atom stereocenters. The van der Waals surface area contributed by atoms with E-state index in [1.54, 1.807) is 24.3 Å².